The van der Waals surface area contributed by atoms with Gasteiger partial charge in [0, 0.05) is 5.02 Å². The molecule has 0 spiro atoms. The van der Waals surface area contributed by atoms with Crippen molar-refractivity contribution in [2.24, 2.45) is 11.3 Å². The van der Waals surface area contributed by atoms with Crippen LogP contribution in [0.3, 0.4) is 0 Å². The molecular weight excluding hydrogens is 324 g/mol. The first-order valence-corrected chi connectivity index (χ1v) is 7.43. The molecule has 6 nitrogen and oxygen atoms in total. The summed E-state index contributed by atoms with van der Waals surface area (Å²) in [4.78, 5) is 23.4. The Morgan fingerprint density at radius 1 is 1.30 bits per heavy atom. The predicted molar refractivity (Wildman–Crippen MR) is 84.6 cm³/mol. The monoisotopic (exact) mass is 344 g/mol. The number of aliphatic hydroxyl groups excluding tert-OH is 2. The topological polar surface area (TPSA) is 104 Å². The number of hydrogen-bond acceptors (Lipinski definition) is 5. The van der Waals surface area contributed by atoms with E-state index in [4.69, 9.17) is 21.4 Å². The zero-order valence-corrected chi connectivity index (χ0v) is 14.2. The average molecular weight is 345 g/mol. The maximum atomic E-state index is 12.2. The molecule has 0 unspecified atom stereocenters. The van der Waals surface area contributed by atoms with Crippen molar-refractivity contribution < 1.29 is 29.6 Å². The van der Waals surface area contributed by atoms with E-state index in [2.05, 4.69) is 0 Å². The van der Waals surface area contributed by atoms with Gasteiger partial charge in [0.15, 0.2) is 0 Å². The van der Waals surface area contributed by atoms with Crippen molar-refractivity contribution >= 4 is 23.5 Å². The minimum absolute atomic E-state index is 0.259. The van der Waals surface area contributed by atoms with Gasteiger partial charge in [-0.1, -0.05) is 11.6 Å². The number of hydrogen-bond donors (Lipinski definition) is 3. The van der Waals surface area contributed by atoms with Gasteiger partial charge < -0.3 is 20.1 Å². The van der Waals surface area contributed by atoms with Crippen molar-refractivity contribution in [2.45, 2.75) is 33.8 Å². The Hall–Kier alpha value is -1.63. The summed E-state index contributed by atoms with van der Waals surface area (Å²) >= 11 is 6.04. The number of aliphatic hydroxyl groups is 2. The molecule has 0 radical (unpaired) electrons. The number of rotatable bonds is 6. The Balaban J connectivity index is 2.95. The van der Waals surface area contributed by atoms with Crippen molar-refractivity contribution in [3.63, 3.8) is 0 Å². The summed E-state index contributed by atoms with van der Waals surface area (Å²) in [6.45, 7) is 5.23. The molecule has 0 fully saturated rings. The molecule has 0 aromatic heterocycles. The molecule has 0 aliphatic carbocycles. The second-order valence-corrected chi connectivity index (χ2v) is 6.28. The minimum Gasteiger partial charge on any atom is -0.481 e. The SMILES string of the molecule is Cc1cc(OC(=O)[C@H](C)[C@H](O)[C@](C)(CO)C(=O)O)cc(C)c1Cl. The lowest BCUT2D eigenvalue weighted by Crippen LogP contribution is -2.48. The summed E-state index contributed by atoms with van der Waals surface area (Å²) in [5, 5.41) is 29.1. The maximum Gasteiger partial charge on any atom is 0.316 e. The lowest BCUT2D eigenvalue weighted by atomic mass is 9.79. The Bertz CT molecular complexity index is 592. The highest BCUT2D eigenvalue weighted by atomic mass is 35.5. The van der Waals surface area contributed by atoms with Crippen LogP contribution in [0.15, 0.2) is 12.1 Å². The second kappa shape index (κ2) is 7.29. The molecule has 0 saturated carbocycles. The second-order valence-electron chi connectivity index (χ2n) is 5.91. The third kappa shape index (κ3) is 4.02. The van der Waals surface area contributed by atoms with Gasteiger partial charge in [-0.2, -0.15) is 0 Å². The van der Waals surface area contributed by atoms with E-state index in [9.17, 15) is 19.8 Å². The molecule has 3 N–H and O–H groups in total. The fourth-order valence-corrected chi connectivity index (χ4v) is 2.25. The Morgan fingerprint density at radius 3 is 2.17 bits per heavy atom. The van der Waals surface area contributed by atoms with Crippen LogP contribution in [-0.4, -0.2) is 40.0 Å². The molecule has 1 aromatic rings. The van der Waals surface area contributed by atoms with Gasteiger partial charge in [-0.25, -0.2) is 0 Å². The van der Waals surface area contributed by atoms with E-state index in [-0.39, 0.29) is 5.75 Å². The third-order valence-corrected chi connectivity index (χ3v) is 4.54. The van der Waals surface area contributed by atoms with E-state index in [0.29, 0.717) is 5.02 Å². The van der Waals surface area contributed by atoms with E-state index in [1.54, 1.807) is 26.0 Å². The van der Waals surface area contributed by atoms with Crippen LogP contribution in [0, 0.1) is 25.2 Å². The Morgan fingerprint density at radius 2 is 1.78 bits per heavy atom. The highest BCUT2D eigenvalue weighted by Crippen LogP contribution is 2.29. The van der Waals surface area contributed by atoms with Crippen LogP contribution in [0.25, 0.3) is 0 Å². The molecule has 0 amide bonds. The molecule has 0 saturated heterocycles. The fraction of sp³-hybridized carbons (Fsp3) is 0.500. The van der Waals surface area contributed by atoms with Gasteiger partial charge >= 0.3 is 11.9 Å². The van der Waals surface area contributed by atoms with Crippen molar-refractivity contribution in [2.75, 3.05) is 6.61 Å². The van der Waals surface area contributed by atoms with E-state index in [0.717, 1.165) is 11.1 Å². The number of esters is 1. The first-order valence-electron chi connectivity index (χ1n) is 7.05. The van der Waals surface area contributed by atoms with Crippen molar-refractivity contribution in [1.29, 1.82) is 0 Å². The normalized spacial score (nSPS) is 16.3. The first-order chi connectivity index (χ1) is 10.5. The molecule has 1 rings (SSSR count). The zero-order valence-electron chi connectivity index (χ0n) is 13.5. The predicted octanol–water partition coefficient (Wildman–Crippen LogP) is 1.94. The highest BCUT2D eigenvalue weighted by molar-refractivity contribution is 6.32. The summed E-state index contributed by atoms with van der Waals surface area (Å²) < 4.78 is 5.20. The van der Waals surface area contributed by atoms with E-state index in [1.165, 1.54) is 13.8 Å². The van der Waals surface area contributed by atoms with Gasteiger partial charge in [-0.05, 0) is 51.0 Å². The number of aliphatic carboxylic acids is 1. The number of carbonyl (C=O) groups is 2. The van der Waals surface area contributed by atoms with E-state index < -0.39 is 36.0 Å². The standard InChI is InChI=1S/C16H21ClO6/c1-8-5-11(6-9(2)12(8)17)23-14(20)10(3)13(19)16(4,7-18)15(21)22/h5-6,10,13,18-19H,7H2,1-4H3,(H,21,22)/t10-,13+,16+/m1/s1. The summed E-state index contributed by atoms with van der Waals surface area (Å²) in [6.07, 6.45) is -1.60. The van der Waals surface area contributed by atoms with Gasteiger partial charge in [0.2, 0.25) is 0 Å². The fourth-order valence-electron chi connectivity index (χ4n) is 2.14. The number of carbonyl (C=O) groups excluding carboxylic acids is 1. The van der Waals surface area contributed by atoms with Crippen LogP contribution in [0.5, 0.6) is 5.75 Å². The largest absolute Gasteiger partial charge is 0.481 e. The molecule has 128 valence electrons. The van der Waals surface area contributed by atoms with Crippen molar-refractivity contribution in [1.82, 2.24) is 0 Å². The van der Waals surface area contributed by atoms with Crippen LogP contribution in [-0.2, 0) is 9.59 Å². The summed E-state index contributed by atoms with van der Waals surface area (Å²) in [7, 11) is 0. The van der Waals surface area contributed by atoms with Gasteiger partial charge in [0.1, 0.15) is 11.2 Å². The third-order valence-electron chi connectivity index (χ3n) is 3.94. The van der Waals surface area contributed by atoms with Crippen LogP contribution in [0.2, 0.25) is 5.02 Å². The summed E-state index contributed by atoms with van der Waals surface area (Å²) in [5.74, 6) is -3.07. The molecule has 7 heteroatoms. The summed E-state index contributed by atoms with van der Waals surface area (Å²) in [6, 6.07) is 3.16. The Kier molecular flexibility index (Phi) is 6.16. The number of carboxylic acids is 1. The number of ether oxygens (including phenoxy) is 1. The quantitative estimate of drug-likeness (QED) is 0.538. The lowest BCUT2D eigenvalue weighted by Gasteiger charge is -2.31. The maximum absolute atomic E-state index is 12.2. The van der Waals surface area contributed by atoms with Crippen LogP contribution in [0.1, 0.15) is 25.0 Å². The first kappa shape index (κ1) is 19.4. The minimum atomic E-state index is -1.86. The smallest absolute Gasteiger partial charge is 0.316 e. The van der Waals surface area contributed by atoms with Crippen LogP contribution in [0.4, 0.5) is 0 Å². The average Bonchev–Trinajstić information content (AvgIpc) is 2.49. The van der Waals surface area contributed by atoms with Crippen LogP contribution < -0.4 is 4.74 Å². The molecule has 3 atom stereocenters. The van der Waals surface area contributed by atoms with Gasteiger partial charge in [0.05, 0.1) is 18.6 Å². The molecule has 0 aliphatic rings. The molecule has 1 aromatic carbocycles. The van der Waals surface area contributed by atoms with Gasteiger partial charge in [-0.3, -0.25) is 9.59 Å². The number of carboxylic acid groups (broad SMARTS) is 1. The van der Waals surface area contributed by atoms with Gasteiger partial charge in [-0.15, -0.1) is 0 Å². The van der Waals surface area contributed by atoms with Crippen molar-refractivity contribution in [3.8, 4) is 5.75 Å². The number of aryl methyl sites for hydroxylation is 2. The van der Waals surface area contributed by atoms with E-state index >= 15 is 0 Å². The molecule has 0 aliphatic heterocycles. The molecular formula is C16H21ClO6. The molecule has 0 bridgehead atoms. The van der Waals surface area contributed by atoms with E-state index in [1.807, 2.05) is 0 Å². The number of halogens is 1. The molecule has 0 heterocycles. The number of benzene rings is 1. The highest BCUT2D eigenvalue weighted by Gasteiger charge is 2.45. The summed E-state index contributed by atoms with van der Waals surface area (Å²) in [5.41, 5.74) is -0.397. The van der Waals surface area contributed by atoms with Crippen LogP contribution >= 0.6 is 11.6 Å². The van der Waals surface area contributed by atoms with Gasteiger partial charge in [0.25, 0.3) is 0 Å². The Labute approximate surface area is 139 Å². The van der Waals surface area contributed by atoms with Crippen molar-refractivity contribution in [3.05, 3.63) is 28.3 Å². The zero-order chi connectivity index (χ0) is 17.9. The lowest BCUT2D eigenvalue weighted by molar-refractivity contribution is -0.165. The molecule has 23 heavy (non-hydrogen) atoms.